The number of amides is 1. The van der Waals surface area contributed by atoms with Gasteiger partial charge in [-0.25, -0.2) is 13.5 Å². The molecule has 1 fully saturated rings. The Hall–Kier alpha value is -3.22. The molecule has 0 radical (unpaired) electrons. The zero-order valence-electron chi connectivity index (χ0n) is 17.5. The number of carbonyl (C=O) groups is 1. The largest absolute Gasteiger partial charge is 0.345 e. The van der Waals surface area contributed by atoms with Gasteiger partial charge in [-0.1, -0.05) is 30.7 Å². The zero-order chi connectivity index (χ0) is 22.1. The van der Waals surface area contributed by atoms with Gasteiger partial charge in [0.25, 0.3) is 11.5 Å². The summed E-state index contributed by atoms with van der Waals surface area (Å²) >= 11 is 0. The predicted octanol–water partition coefficient (Wildman–Crippen LogP) is 4.42. The molecule has 2 aromatic carbocycles. The highest BCUT2D eigenvalue weighted by Gasteiger charge is 2.31. The van der Waals surface area contributed by atoms with Gasteiger partial charge in [0, 0.05) is 11.9 Å². The molecule has 5 nitrogen and oxygen atoms in total. The summed E-state index contributed by atoms with van der Waals surface area (Å²) in [6, 6.07) is 10.1. The fraction of sp³-hybridized carbons (Fsp3) is 0.333. The summed E-state index contributed by atoms with van der Waals surface area (Å²) in [5, 5.41) is 3.24. The molecule has 4 rings (SSSR count). The lowest BCUT2D eigenvalue weighted by atomic mass is 9.77. The number of benzene rings is 2. The van der Waals surface area contributed by atoms with Crippen LogP contribution in [0.25, 0.3) is 10.8 Å². The van der Waals surface area contributed by atoms with Crippen LogP contribution in [-0.2, 0) is 0 Å². The first-order valence-corrected chi connectivity index (χ1v) is 10.6. The Morgan fingerprint density at radius 3 is 2.48 bits per heavy atom. The minimum atomic E-state index is -0.669. The molecule has 1 aliphatic carbocycles. The van der Waals surface area contributed by atoms with Crippen molar-refractivity contribution in [3.05, 3.63) is 81.3 Å². The maximum absolute atomic E-state index is 14.6. The third-order valence-electron chi connectivity index (χ3n) is 6.08. The van der Waals surface area contributed by atoms with E-state index < -0.39 is 11.4 Å². The quantitative estimate of drug-likeness (QED) is 0.615. The third kappa shape index (κ3) is 3.80. The van der Waals surface area contributed by atoms with Crippen LogP contribution in [0.3, 0.4) is 0 Å². The number of aromatic nitrogens is 1. The Morgan fingerprint density at radius 2 is 1.87 bits per heavy atom. The first-order chi connectivity index (χ1) is 14.9. The van der Waals surface area contributed by atoms with Gasteiger partial charge in [0.2, 0.25) is 0 Å². The molecule has 0 aliphatic heterocycles. The first-order valence-electron chi connectivity index (χ1n) is 10.6. The van der Waals surface area contributed by atoms with Crippen molar-refractivity contribution in [1.29, 1.82) is 0 Å². The summed E-state index contributed by atoms with van der Waals surface area (Å²) in [6.45, 7) is 3.92. The van der Waals surface area contributed by atoms with E-state index in [1.807, 2.05) is 6.92 Å². The normalized spacial score (nSPS) is 14.8. The molecule has 1 amide bonds. The topological polar surface area (TPSA) is 63.1 Å². The number of pyridine rings is 1. The first kappa shape index (κ1) is 21.0. The number of halogens is 2. The van der Waals surface area contributed by atoms with Crippen LogP contribution in [0.5, 0.6) is 0 Å². The smallest absolute Gasteiger partial charge is 0.279 e. The lowest BCUT2D eigenvalue weighted by Gasteiger charge is -2.35. The fourth-order valence-corrected chi connectivity index (χ4v) is 4.29. The van der Waals surface area contributed by atoms with E-state index in [9.17, 15) is 18.4 Å². The SMILES string of the molecule is CCNn1c(C)c(C(=O)NC(c2ccc(F)cc2)C2CCC2)c2cccc(F)c2c1=O. The maximum Gasteiger partial charge on any atom is 0.279 e. The molecule has 0 spiro atoms. The summed E-state index contributed by atoms with van der Waals surface area (Å²) in [5.41, 5.74) is 3.87. The molecule has 1 atom stereocenters. The van der Waals surface area contributed by atoms with Gasteiger partial charge in [-0.2, -0.15) is 0 Å². The van der Waals surface area contributed by atoms with E-state index in [1.54, 1.807) is 25.1 Å². The minimum Gasteiger partial charge on any atom is -0.345 e. The van der Waals surface area contributed by atoms with Crippen molar-refractivity contribution in [2.75, 3.05) is 12.0 Å². The Morgan fingerprint density at radius 1 is 1.16 bits per heavy atom. The van der Waals surface area contributed by atoms with Crippen LogP contribution in [-0.4, -0.2) is 17.1 Å². The Bertz CT molecular complexity index is 1180. The monoisotopic (exact) mass is 425 g/mol. The summed E-state index contributed by atoms with van der Waals surface area (Å²) in [6.07, 6.45) is 3.01. The highest BCUT2D eigenvalue weighted by molar-refractivity contribution is 6.08. The van der Waals surface area contributed by atoms with Crippen LogP contribution in [0, 0.1) is 24.5 Å². The second-order valence-corrected chi connectivity index (χ2v) is 7.97. The minimum absolute atomic E-state index is 0.124. The Labute approximate surface area is 179 Å². The lowest BCUT2D eigenvalue weighted by Crippen LogP contribution is -2.39. The second kappa shape index (κ2) is 8.49. The van der Waals surface area contributed by atoms with Crippen molar-refractivity contribution in [3.8, 4) is 0 Å². The number of carbonyl (C=O) groups excluding carboxylic acids is 1. The van der Waals surface area contributed by atoms with Crippen molar-refractivity contribution in [2.24, 2.45) is 5.92 Å². The molecule has 3 aromatic rings. The molecule has 1 heterocycles. The highest BCUT2D eigenvalue weighted by Crippen LogP contribution is 2.38. The summed E-state index contributed by atoms with van der Waals surface area (Å²) in [7, 11) is 0. The standard InChI is InChI=1S/C24H25F2N3O2/c1-3-27-29-14(2)20(18-8-5-9-19(26)21(18)24(29)31)23(30)28-22(15-6-4-7-15)16-10-12-17(25)13-11-16/h5,8-13,15,22,27H,3-4,6-7H2,1-2H3,(H,28,30). The van der Waals surface area contributed by atoms with Crippen LogP contribution in [0.15, 0.2) is 47.3 Å². The van der Waals surface area contributed by atoms with Gasteiger partial charge < -0.3 is 10.7 Å². The molecular formula is C24H25F2N3O2. The van der Waals surface area contributed by atoms with E-state index in [4.69, 9.17) is 0 Å². The van der Waals surface area contributed by atoms with Gasteiger partial charge in [-0.05, 0) is 56.4 Å². The molecule has 2 N–H and O–H groups in total. The van der Waals surface area contributed by atoms with Crippen molar-refractivity contribution in [2.45, 2.75) is 39.2 Å². The van der Waals surface area contributed by atoms with Gasteiger partial charge in [0.05, 0.1) is 22.7 Å². The Kier molecular flexibility index (Phi) is 5.76. The number of nitrogens with zero attached hydrogens (tertiary/aromatic N) is 1. The number of hydrogen-bond donors (Lipinski definition) is 2. The van der Waals surface area contributed by atoms with Gasteiger partial charge in [0.15, 0.2) is 0 Å². The molecule has 7 heteroatoms. The van der Waals surface area contributed by atoms with Gasteiger partial charge >= 0.3 is 0 Å². The summed E-state index contributed by atoms with van der Waals surface area (Å²) in [4.78, 5) is 26.4. The van der Waals surface area contributed by atoms with Crippen LogP contribution in [0.1, 0.15) is 53.8 Å². The van der Waals surface area contributed by atoms with Crippen LogP contribution < -0.4 is 16.3 Å². The van der Waals surface area contributed by atoms with Gasteiger partial charge in [-0.15, -0.1) is 0 Å². The fourth-order valence-electron chi connectivity index (χ4n) is 4.29. The van der Waals surface area contributed by atoms with E-state index in [-0.39, 0.29) is 40.0 Å². The van der Waals surface area contributed by atoms with Crippen LogP contribution in [0.4, 0.5) is 8.78 Å². The number of nitrogens with one attached hydrogen (secondary N) is 2. The molecule has 31 heavy (non-hydrogen) atoms. The number of fused-ring (bicyclic) bond motifs is 1. The van der Waals surface area contributed by atoms with Crippen LogP contribution >= 0.6 is 0 Å². The molecule has 1 aliphatic rings. The van der Waals surface area contributed by atoms with Crippen molar-refractivity contribution in [3.63, 3.8) is 0 Å². The predicted molar refractivity (Wildman–Crippen MR) is 117 cm³/mol. The molecular weight excluding hydrogens is 400 g/mol. The van der Waals surface area contributed by atoms with E-state index >= 15 is 0 Å². The Balaban J connectivity index is 1.81. The summed E-state index contributed by atoms with van der Waals surface area (Å²) in [5.74, 6) is -1.15. The van der Waals surface area contributed by atoms with Gasteiger partial charge in [-0.3, -0.25) is 9.59 Å². The second-order valence-electron chi connectivity index (χ2n) is 7.97. The lowest BCUT2D eigenvalue weighted by molar-refractivity contribution is 0.0901. The van der Waals surface area contributed by atoms with E-state index in [1.165, 1.54) is 28.9 Å². The zero-order valence-corrected chi connectivity index (χ0v) is 17.5. The summed E-state index contributed by atoms with van der Waals surface area (Å²) < 4.78 is 29.3. The average Bonchev–Trinajstić information content (AvgIpc) is 2.70. The molecule has 0 bridgehead atoms. The number of rotatable bonds is 6. The maximum atomic E-state index is 14.6. The van der Waals surface area contributed by atoms with E-state index in [0.29, 0.717) is 12.2 Å². The van der Waals surface area contributed by atoms with E-state index in [2.05, 4.69) is 10.7 Å². The van der Waals surface area contributed by atoms with Crippen LogP contribution in [0.2, 0.25) is 0 Å². The molecule has 1 aromatic heterocycles. The third-order valence-corrected chi connectivity index (χ3v) is 6.08. The van der Waals surface area contributed by atoms with Crippen molar-refractivity contribution >= 4 is 16.7 Å². The van der Waals surface area contributed by atoms with E-state index in [0.717, 1.165) is 24.8 Å². The molecule has 162 valence electrons. The number of hydrogen-bond acceptors (Lipinski definition) is 3. The van der Waals surface area contributed by atoms with Crippen molar-refractivity contribution in [1.82, 2.24) is 9.99 Å². The molecule has 1 saturated carbocycles. The molecule has 1 unspecified atom stereocenters. The highest BCUT2D eigenvalue weighted by atomic mass is 19.1. The molecule has 0 saturated heterocycles. The van der Waals surface area contributed by atoms with Crippen molar-refractivity contribution < 1.29 is 13.6 Å². The average molecular weight is 425 g/mol. The van der Waals surface area contributed by atoms with Gasteiger partial charge in [0.1, 0.15) is 11.6 Å².